The second-order valence-corrected chi connectivity index (χ2v) is 6.38. The van der Waals surface area contributed by atoms with Gasteiger partial charge in [0.2, 0.25) is 5.91 Å². The topological polar surface area (TPSA) is 47.6 Å². The predicted octanol–water partition coefficient (Wildman–Crippen LogP) is 1.05. The standard InChI is InChI=1S/C18H30N4O/c1-19-9-3-4-18(23)20-14-16-5-7-17(8-6-16)15-22-12-10-21(2)11-13-22/h5-8,19H,3-4,9-15H2,1-2H3,(H,20,23). The Morgan fingerprint density at radius 1 is 1.09 bits per heavy atom. The molecule has 1 amide bonds. The van der Waals surface area contributed by atoms with Crippen LogP contribution in [0, 0.1) is 0 Å². The summed E-state index contributed by atoms with van der Waals surface area (Å²) in [5.41, 5.74) is 2.51. The molecule has 5 heteroatoms. The molecule has 1 fully saturated rings. The van der Waals surface area contributed by atoms with Crippen LogP contribution in [0.5, 0.6) is 0 Å². The lowest BCUT2D eigenvalue weighted by atomic mass is 10.1. The number of amides is 1. The summed E-state index contributed by atoms with van der Waals surface area (Å²) in [6.45, 7) is 7.10. The fourth-order valence-corrected chi connectivity index (χ4v) is 2.74. The van der Waals surface area contributed by atoms with E-state index in [-0.39, 0.29) is 5.91 Å². The van der Waals surface area contributed by atoms with E-state index in [1.807, 2.05) is 7.05 Å². The zero-order valence-corrected chi connectivity index (χ0v) is 14.5. The van der Waals surface area contributed by atoms with Crippen LogP contribution >= 0.6 is 0 Å². The number of carbonyl (C=O) groups excluding carboxylic acids is 1. The molecular weight excluding hydrogens is 288 g/mol. The molecule has 0 saturated carbocycles. The highest BCUT2D eigenvalue weighted by Gasteiger charge is 2.13. The van der Waals surface area contributed by atoms with Crippen molar-refractivity contribution in [3.8, 4) is 0 Å². The Hall–Kier alpha value is -1.43. The molecule has 23 heavy (non-hydrogen) atoms. The van der Waals surface area contributed by atoms with Crippen molar-refractivity contribution in [1.82, 2.24) is 20.4 Å². The van der Waals surface area contributed by atoms with Gasteiger partial charge in [-0.3, -0.25) is 9.69 Å². The van der Waals surface area contributed by atoms with E-state index < -0.39 is 0 Å². The van der Waals surface area contributed by atoms with Crippen molar-refractivity contribution >= 4 is 5.91 Å². The molecule has 0 bridgehead atoms. The number of hydrogen-bond donors (Lipinski definition) is 2. The third kappa shape index (κ3) is 6.69. The van der Waals surface area contributed by atoms with Crippen molar-refractivity contribution in [2.24, 2.45) is 0 Å². The molecule has 0 spiro atoms. The molecule has 1 aliphatic rings. The van der Waals surface area contributed by atoms with Gasteiger partial charge in [0.1, 0.15) is 0 Å². The Morgan fingerprint density at radius 2 is 1.74 bits per heavy atom. The molecule has 0 unspecified atom stereocenters. The minimum Gasteiger partial charge on any atom is -0.352 e. The molecular formula is C18H30N4O. The van der Waals surface area contributed by atoms with Crippen LogP contribution in [0.4, 0.5) is 0 Å². The second-order valence-electron chi connectivity index (χ2n) is 6.38. The SMILES string of the molecule is CNCCCC(=O)NCc1ccc(CN2CCN(C)CC2)cc1. The average Bonchev–Trinajstić information content (AvgIpc) is 2.57. The zero-order chi connectivity index (χ0) is 16.5. The first-order valence-corrected chi connectivity index (χ1v) is 8.57. The number of piperazine rings is 1. The maximum Gasteiger partial charge on any atom is 0.220 e. The van der Waals surface area contributed by atoms with Crippen LogP contribution in [0.15, 0.2) is 24.3 Å². The van der Waals surface area contributed by atoms with Crippen LogP contribution in [0.3, 0.4) is 0 Å². The first-order valence-electron chi connectivity index (χ1n) is 8.57. The summed E-state index contributed by atoms with van der Waals surface area (Å²) in [5, 5.41) is 6.03. The van der Waals surface area contributed by atoms with Gasteiger partial charge in [-0.15, -0.1) is 0 Å². The molecule has 0 aromatic heterocycles. The number of rotatable bonds is 8. The number of benzene rings is 1. The van der Waals surface area contributed by atoms with E-state index >= 15 is 0 Å². The fourth-order valence-electron chi connectivity index (χ4n) is 2.74. The van der Waals surface area contributed by atoms with Crippen LogP contribution in [-0.4, -0.2) is 62.5 Å². The molecule has 2 rings (SSSR count). The summed E-state index contributed by atoms with van der Waals surface area (Å²) < 4.78 is 0. The van der Waals surface area contributed by atoms with Crippen molar-refractivity contribution in [2.75, 3.05) is 46.8 Å². The molecule has 1 aromatic carbocycles. The molecule has 5 nitrogen and oxygen atoms in total. The second kappa shape index (κ2) is 9.65. The van der Waals surface area contributed by atoms with Gasteiger partial charge in [-0.05, 0) is 38.2 Å². The Bertz CT molecular complexity index is 466. The minimum atomic E-state index is 0.127. The highest BCUT2D eigenvalue weighted by molar-refractivity contribution is 5.75. The largest absolute Gasteiger partial charge is 0.352 e. The highest BCUT2D eigenvalue weighted by atomic mass is 16.1. The van der Waals surface area contributed by atoms with Crippen LogP contribution in [0.25, 0.3) is 0 Å². The minimum absolute atomic E-state index is 0.127. The number of nitrogens with one attached hydrogen (secondary N) is 2. The summed E-state index contributed by atoms with van der Waals surface area (Å²) in [7, 11) is 4.08. The van der Waals surface area contributed by atoms with Crippen LogP contribution in [0.2, 0.25) is 0 Å². The zero-order valence-electron chi connectivity index (χ0n) is 14.5. The van der Waals surface area contributed by atoms with Gasteiger partial charge in [0.05, 0.1) is 0 Å². The van der Waals surface area contributed by atoms with Crippen molar-refractivity contribution < 1.29 is 4.79 Å². The fraction of sp³-hybridized carbons (Fsp3) is 0.611. The van der Waals surface area contributed by atoms with Crippen molar-refractivity contribution in [3.63, 3.8) is 0 Å². The number of carbonyl (C=O) groups is 1. The number of hydrogen-bond acceptors (Lipinski definition) is 4. The van der Waals surface area contributed by atoms with E-state index in [1.165, 1.54) is 5.56 Å². The van der Waals surface area contributed by atoms with Gasteiger partial charge in [0.15, 0.2) is 0 Å². The van der Waals surface area contributed by atoms with Crippen molar-refractivity contribution in [1.29, 1.82) is 0 Å². The van der Waals surface area contributed by atoms with Crippen molar-refractivity contribution in [3.05, 3.63) is 35.4 Å². The Labute approximate surface area is 140 Å². The van der Waals surface area contributed by atoms with Gasteiger partial charge in [-0.1, -0.05) is 24.3 Å². The lowest BCUT2D eigenvalue weighted by Gasteiger charge is -2.32. The summed E-state index contributed by atoms with van der Waals surface area (Å²) in [6, 6.07) is 8.61. The van der Waals surface area contributed by atoms with Crippen LogP contribution < -0.4 is 10.6 Å². The summed E-state index contributed by atoms with van der Waals surface area (Å²) in [6.07, 6.45) is 1.47. The van der Waals surface area contributed by atoms with Gasteiger partial charge < -0.3 is 15.5 Å². The molecule has 1 saturated heterocycles. The van der Waals surface area contributed by atoms with E-state index in [1.54, 1.807) is 0 Å². The van der Waals surface area contributed by atoms with Gasteiger partial charge in [0.25, 0.3) is 0 Å². The van der Waals surface area contributed by atoms with Crippen LogP contribution in [0.1, 0.15) is 24.0 Å². The van der Waals surface area contributed by atoms with E-state index in [0.717, 1.165) is 51.3 Å². The number of nitrogens with zero attached hydrogens (tertiary/aromatic N) is 2. The third-order valence-corrected chi connectivity index (χ3v) is 4.35. The molecule has 0 radical (unpaired) electrons. The molecule has 0 atom stereocenters. The monoisotopic (exact) mass is 318 g/mol. The van der Waals surface area contributed by atoms with E-state index in [0.29, 0.717) is 13.0 Å². The predicted molar refractivity (Wildman–Crippen MR) is 94.2 cm³/mol. The Kier molecular flexibility index (Phi) is 7.52. The van der Waals surface area contributed by atoms with Gasteiger partial charge in [-0.2, -0.15) is 0 Å². The highest BCUT2D eigenvalue weighted by Crippen LogP contribution is 2.09. The lowest BCUT2D eigenvalue weighted by molar-refractivity contribution is -0.121. The van der Waals surface area contributed by atoms with Gasteiger partial charge in [-0.25, -0.2) is 0 Å². The molecule has 1 aromatic rings. The van der Waals surface area contributed by atoms with Gasteiger partial charge in [0, 0.05) is 45.7 Å². The maximum absolute atomic E-state index is 11.7. The Morgan fingerprint density at radius 3 is 2.39 bits per heavy atom. The average molecular weight is 318 g/mol. The maximum atomic E-state index is 11.7. The summed E-state index contributed by atoms with van der Waals surface area (Å²) >= 11 is 0. The third-order valence-electron chi connectivity index (χ3n) is 4.35. The number of likely N-dealkylation sites (N-methyl/N-ethyl adjacent to an activating group) is 1. The van der Waals surface area contributed by atoms with E-state index in [2.05, 4.69) is 51.7 Å². The summed E-state index contributed by atoms with van der Waals surface area (Å²) in [4.78, 5) is 16.6. The van der Waals surface area contributed by atoms with Crippen LogP contribution in [-0.2, 0) is 17.9 Å². The molecule has 2 N–H and O–H groups in total. The quantitative estimate of drug-likeness (QED) is 0.704. The lowest BCUT2D eigenvalue weighted by Crippen LogP contribution is -2.43. The summed E-state index contributed by atoms with van der Waals surface area (Å²) in [5.74, 6) is 0.127. The Balaban J connectivity index is 1.70. The van der Waals surface area contributed by atoms with Gasteiger partial charge >= 0.3 is 0 Å². The normalized spacial score (nSPS) is 16.4. The molecule has 0 aliphatic carbocycles. The first kappa shape index (κ1) is 17.9. The molecule has 128 valence electrons. The molecule has 1 heterocycles. The van der Waals surface area contributed by atoms with E-state index in [4.69, 9.17) is 0 Å². The smallest absolute Gasteiger partial charge is 0.220 e. The first-order chi connectivity index (χ1) is 11.2. The molecule has 1 aliphatic heterocycles. The van der Waals surface area contributed by atoms with E-state index in [9.17, 15) is 4.79 Å². The van der Waals surface area contributed by atoms with Crippen molar-refractivity contribution in [2.45, 2.75) is 25.9 Å².